The molecule has 0 fully saturated rings. The Balaban J connectivity index is 2.80. The number of benzene rings is 1. The summed E-state index contributed by atoms with van der Waals surface area (Å²) in [7, 11) is -3.03. The summed E-state index contributed by atoms with van der Waals surface area (Å²) in [5.74, 6) is -0.949. The van der Waals surface area contributed by atoms with Crippen LogP contribution in [-0.2, 0) is 0 Å². The maximum Gasteiger partial charge on any atom is 0.574 e. The molecule has 0 aromatic heterocycles. The van der Waals surface area contributed by atoms with Crippen LogP contribution in [0, 0.1) is 0 Å². The van der Waals surface area contributed by atoms with E-state index in [1.807, 2.05) is 0 Å². The molecule has 0 amide bonds. The first-order valence-electron chi connectivity index (χ1n) is 3.68. The van der Waals surface area contributed by atoms with Crippen LogP contribution < -0.4 is 0 Å². The summed E-state index contributed by atoms with van der Waals surface area (Å²) in [5, 5.41) is 8.75. The molecular weight excluding hydrogens is 177 g/mol. The predicted octanol–water partition coefficient (Wildman–Crippen LogP) is 1.20. The molecule has 1 atom stereocenters. The van der Waals surface area contributed by atoms with E-state index in [1.165, 1.54) is 12.1 Å². The first kappa shape index (κ1) is 9.86. The van der Waals surface area contributed by atoms with Gasteiger partial charge in [-0.1, -0.05) is 30.3 Å². The second-order valence-electron chi connectivity index (χ2n) is 2.51. The number of rotatable bonds is 3. The molecule has 0 spiro atoms. The lowest BCUT2D eigenvalue weighted by Gasteiger charge is -2.04. The smallest absolute Gasteiger partial charge is 0.387 e. The Hall–Kier alpha value is -1.23. The van der Waals surface area contributed by atoms with E-state index in [0.29, 0.717) is 0 Å². The highest BCUT2D eigenvalue weighted by Gasteiger charge is 2.32. The third-order valence-corrected chi connectivity index (χ3v) is 1.57. The molecule has 0 aliphatic rings. The van der Waals surface area contributed by atoms with Gasteiger partial charge in [-0.2, -0.15) is 0 Å². The number of halogens is 2. The van der Waals surface area contributed by atoms with Crippen molar-refractivity contribution in [3.8, 4) is 0 Å². The van der Waals surface area contributed by atoms with E-state index < -0.39 is 19.1 Å². The summed E-state index contributed by atoms with van der Waals surface area (Å²) in [6.45, 7) is 0. The molecule has 1 N–H and O–H groups in total. The molecule has 13 heavy (non-hydrogen) atoms. The van der Waals surface area contributed by atoms with Gasteiger partial charge >= 0.3 is 7.27 Å². The summed E-state index contributed by atoms with van der Waals surface area (Å²) >= 11 is 0. The van der Waals surface area contributed by atoms with Crippen LogP contribution in [0.5, 0.6) is 0 Å². The zero-order valence-corrected chi connectivity index (χ0v) is 6.65. The van der Waals surface area contributed by atoms with E-state index >= 15 is 0 Å². The molecule has 1 rings (SSSR count). The van der Waals surface area contributed by atoms with Gasteiger partial charge in [0, 0.05) is 5.56 Å². The van der Waals surface area contributed by atoms with Gasteiger partial charge in [-0.3, -0.25) is 13.4 Å². The second kappa shape index (κ2) is 4.14. The second-order valence-corrected chi connectivity index (χ2v) is 2.51. The van der Waals surface area contributed by atoms with Crippen molar-refractivity contribution in [2.24, 2.45) is 0 Å². The zero-order valence-electron chi connectivity index (χ0n) is 6.65. The fourth-order valence-electron chi connectivity index (χ4n) is 0.888. The fraction of sp³-hybridized carbons (Fsp3) is 0.125. The van der Waals surface area contributed by atoms with Crippen LogP contribution in [0.3, 0.4) is 0 Å². The van der Waals surface area contributed by atoms with E-state index in [2.05, 4.69) is 0 Å². The standard InChI is InChI=1S/C8H7BF2O2/c10-9(11)8(13)7(12)6-4-2-1-3-5-6/h1-5,8,13H. The summed E-state index contributed by atoms with van der Waals surface area (Å²) in [4.78, 5) is 11.1. The van der Waals surface area contributed by atoms with Gasteiger partial charge in [0.15, 0.2) is 11.8 Å². The number of aliphatic hydroxyl groups excluding tert-OH is 1. The minimum Gasteiger partial charge on any atom is -0.387 e. The maximum atomic E-state index is 11.9. The fourth-order valence-corrected chi connectivity index (χ4v) is 0.888. The SMILES string of the molecule is O=C(c1ccccc1)C(O)B(F)F. The number of ketones is 1. The van der Waals surface area contributed by atoms with Gasteiger partial charge < -0.3 is 5.11 Å². The van der Waals surface area contributed by atoms with Crippen LogP contribution in [-0.4, -0.2) is 24.2 Å². The van der Waals surface area contributed by atoms with Crippen molar-refractivity contribution in [2.75, 3.05) is 0 Å². The van der Waals surface area contributed by atoms with Crippen LogP contribution in [0.1, 0.15) is 10.4 Å². The summed E-state index contributed by atoms with van der Waals surface area (Å²) in [6, 6.07) is 5.30. The number of Topliss-reactive ketones (excluding diaryl/α,β-unsaturated/α-hetero) is 1. The molecule has 0 aliphatic carbocycles. The average molecular weight is 184 g/mol. The minimum absolute atomic E-state index is 0.0929. The summed E-state index contributed by atoms with van der Waals surface area (Å²) in [5.41, 5.74) is 0.0929. The van der Waals surface area contributed by atoms with Crippen molar-refractivity contribution in [1.29, 1.82) is 0 Å². The Morgan fingerprint density at radius 3 is 2.31 bits per heavy atom. The molecule has 5 heteroatoms. The highest BCUT2D eigenvalue weighted by molar-refractivity contribution is 6.51. The lowest BCUT2D eigenvalue weighted by Crippen LogP contribution is -2.31. The summed E-state index contributed by atoms with van der Waals surface area (Å²) < 4.78 is 23.8. The van der Waals surface area contributed by atoms with Gasteiger partial charge in [0.2, 0.25) is 0 Å². The van der Waals surface area contributed by atoms with E-state index in [9.17, 15) is 13.4 Å². The van der Waals surface area contributed by atoms with Crippen molar-refractivity contribution in [3.63, 3.8) is 0 Å². The number of hydrogen-bond acceptors (Lipinski definition) is 2. The van der Waals surface area contributed by atoms with E-state index in [4.69, 9.17) is 5.11 Å². The monoisotopic (exact) mass is 184 g/mol. The van der Waals surface area contributed by atoms with Crippen molar-refractivity contribution in [2.45, 2.75) is 6.00 Å². The van der Waals surface area contributed by atoms with Crippen LogP contribution >= 0.6 is 0 Å². The molecule has 0 bridgehead atoms. The van der Waals surface area contributed by atoms with Gasteiger partial charge in [0.25, 0.3) is 0 Å². The third kappa shape index (κ3) is 2.35. The minimum atomic E-state index is -3.03. The molecule has 68 valence electrons. The van der Waals surface area contributed by atoms with Gasteiger partial charge in [-0.25, -0.2) is 0 Å². The van der Waals surface area contributed by atoms with E-state index in [-0.39, 0.29) is 5.56 Å². The van der Waals surface area contributed by atoms with Crippen molar-refractivity contribution in [3.05, 3.63) is 35.9 Å². The molecule has 0 radical (unpaired) electrons. The molecule has 1 aromatic rings. The predicted molar refractivity (Wildman–Crippen MR) is 44.7 cm³/mol. The van der Waals surface area contributed by atoms with Crippen molar-refractivity contribution in [1.82, 2.24) is 0 Å². The molecule has 0 saturated heterocycles. The van der Waals surface area contributed by atoms with Crippen molar-refractivity contribution < 1.29 is 18.5 Å². The van der Waals surface area contributed by atoms with Gasteiger partial charge in [-0.15, -0.1) is 0 Å². The highest BCUT2D eigenvalue weighted by Crippen LogP contribution is 2.06. The number of carbonyl (C=O) groups is 1. The lowest BCUT2D eigenvalue weighted by molar-refractivity contribution is 0.0834. The number of aliphatic hydroxyl groups is 1. The Labute approximate surface area is 74.4 Å². The van der Waals surface area contributed by atoms with Crippen LogP contribution in [0.2, 0.25) is 0 Å². The lowest BCUT2D eigenvalue weighted by atomic mass is 9.83. The molecule has 2 nitrogen and oxygen atoms in total. The Morgan fingerprint density at radius 1 is 1.31 bits per heavy atom. The molecule has 0 saturated carbocycles. The van der Waals surface area contributed by atoms with E-state index in [0.717, 1.165) is 0 Å². The van der Waals surface area contributed by atoms with Crippen LogP contribution in [0.15, 0.2) is 30.3 Å². The van der Waals surface area contributed by atoms with Gasteiger partial charge in [0.1, 0.15) is 0 Å². The summed E-state index contributed by atoms with van der Waals surface area (Å²) in [6.07, 6.45) is 0. The normalized spacial score (nSPS) is 12.2. The molecule has 1 unspecified atom stereocenters. The topological polar surface area (TPSA) is 37.3 Å². The quantitative estimate of drug-likeness (QED) is 0.565. The first-order chi connectivity index (χ1) is 6.13. The first-order valence-corrected chi connectivity index (χ1v) is 3.68. The van der Waals surface area contributed by atoms with Crippen LogP contribution in [0.25, 0.3) is 0 Å². The number of hydrogen-bond donors (Lipinski definition) is 1. The molecule has 0 aliphatic heterocycles. The Kier molecular flexibility index (Phi) is 3.14. The average Bonchev–Trinajstić information content (AvgIpc) is 2.17. The van der Waals surface area contributed by atoms with Crippen molar-refractivity contribution >= 4 is 13.1 Å². The largest absolute Gasteiger partial charge is 0.574 e. The van der Waals surface area contributed by atoms with E-state index in [1.54, 1.807) is 18.2 Å². The number of carbonyl (C=O) groups excluding carboxylic acids is 1. The highest BCUT2D eigenvalue weighted by atomic mass is 19.2. The van der Waals surface area contributed by atoms with Gasteiger partial charge in [-0.05, 0) is 0 Å². The van der Waals surface area contributed by atoms with Crippen LogP contribution in [0.4, 0.5) is 8.63 Å². The molecule has 0 heterocycles. The third-order valence-electron chi connectivity index (χ3n) is 1.57. The molecular formula is C8H7BF2O2. The Bertz CT molecular complexity index is 289. The van der Waals surface area contributed by atoms with Gasteiger partial charge in [0.05, 0.1) is 0 Å². The maximum absolute atomic E-state index is 11.9. The molecule has 1 aromatic carbocycles. The Morgan fingerprint density at radius 2 is 1.85 bits per heavy atom. The zero-order chi connectivity index (χ0) is 9.84.